The van der Waals surface area contributed by atoms with Gasteiger partial charge in [0.05, 0.1) is 0 Å². The van der Waals surface area contributed by atoms with Crippen molar-refractivity contribution in [2.45, 2.75) is 168 Å². The molecule has 3 aliphatic carbocycles. The molecule has 3 heteroatoms. The van der Waals surface area contributed by atoms with E-state index in [-0.39, 0.29) is 39.2 Å². The molecule has 0 spiro atoms. The van der Waals surface area contributed by atoms with Gasteiger partial charge in [-0.3, -0.25) is 0 Å². The van der Waals surface area contributed by atoms with Gasteiger partial charge in [0.1, 0.15) is 0 Å². The van der Waals surface area contributed by atoms with E-state index in [0.717, 1.165) is 66.2 Å². The van der Waals surface area contributed by atoms with E-state index in [9.17, 15) is 4.11 Å². The Hall–Kier alpha value is -5.02. The van der Waals surface area contributed by atoms with Crippen molar-refractivity contribution in [2.24, 2.45) is 0 Å². The zero-order chi connectivity index (χ0) is 48.6. The molecule has 0 radical (unpaired) electrons. The van der Waals surface area contributed by atoms with Crippen LogP contribution in [0.25, 0.3) is 11.1 Å². The van der Waals surface area contributed by atoms with Crippen LogP contribution in [-0.2, 0) is 32.5 Å². The summed E-state index contributed by atoms with van der Waals surface area (Å²) < 4.78 is 27.6. The highest BCUT2D eigenvalue weighted by Gasteiger charge is 2.49. The molecule has 0 fully saturated rings. The summed E-state index contributed by atoms with van der Waals surface area (Å²) in [6.45, 7) is 31.0. The van der Waals surface area contributed by atoms with Crippen LogP contribution in [0.2, 0.25) is 0 Å². The van der Waals surface area contributed by atoms with Gasteiger partial charge in [0, 0.05) is 38.2 Å². The zero-order valence-corrected chi connectivity index (χ0v) is 41.7. The van der Waals surface area contributed by atoms with Gasteiger partial charge in [0.25, 0.3) is 6.71 Å². The summed E-state index contributed by atoms with van der Waals surface area (Å²) in [5.41, 5.74) is 23.8. The minimum Gasteiger partial charge on any atom is -0.311 e. The first kappa shape index (κ1) is 39.2. The monoisotopic (exact) mass is 858 g/mol. The second-order valence-corrected chi connectivity index (χ2v) is 25.0. The lowest BCUT2D eigenvalue weighted by molar-refractivity contribution is 0.332. The second kappa shape index (κ2) is 13.5. The third kappa shape index (κ3) is 6.18. The molecule has 0 atom stereocenters. The first-order valence-electron chi connectivity index (χ1n) is 26.1. The fourth-order valence-corrected chi connectivity index (χ4v) is 13.7. The minimum absolute atomic E-state index is 0.0194. The second-order valence-electron chi connectivity index (χ2n) is 25.0. The van der Waals surface area contributed by atoms with Gasteiger partial charge in [-0.2, -0.15) is 0 Å². The van der Waals surface area contributed by atoms with Crippen molar-refractivity contribution in [1.82, 2.24) is 0 Å². The smallest absolute Gasteiger partial charge is 0.252 e. The van der Waals surface area contributed by atoms with E-state index in [1.165, 1.54) is 72.0 Å². The van der Waals surface area contributed by atoms with Crippen molar-refractivity contribution in [3.63, 3.8) is 0 Å². The maximum Gasteiger partial charge on any atom is 0.252 e. The third-order valence-corrected chi connectivity index (χ3v) is 17.5. The average molecular weight is 858 g/mol. The summed E-state index contributed by atoms with van der Waals surface area (Å²) in [7, 11) is 0. The zero-order valence-electron chi connectivity index (χ0n) is 44.7. The maximum atomic E-state index is 9.20. The molecule has 332 valence electrons. The largest absolute Gasteiger partial charge is 0.311 e. The van der Waals surface area contributed by atoms with Gasteiger partial charge in [-0.25, -0.2) is 0 Å². The Labute approximate surface area is 396 Å². The number of fused-ring (bicyclic) bond motifs is 7. The van der Waals surface area contributed by atoms with E-state index in [0.29, 0.717) is 5.56 Å². The Balaban J connectivity index is 1.30. The normalized spacial score (nSPS) is 21.4. The van der Waals surface area contributed by atoms with E-state index < -0.39 is 6.85 Å². The highest BCUT2D eigenvalue weighted by Crippen LogP contribution is 2.56. The topological polar surface area (TPSA) is 6.48 Å². The number of nitrogens with zero attached hydrogens (tertiary/aromatic N) is 2. The molecular weight excluding hydrogens is 784 g/mol. The maximum absolute atomic E-state index is 9.20. The van der Waals surface area contributed by atoms with Gasteiger partial charge in [-0.05, 0) is 199 Å². The predicted octanol–water partition coefficient (Wildman–Crippen LogP) is 15.0. The quantitative estimate of drug-likeness (QED) is 0.163. The first-order chi connectivity index (χ1) is 31.6. The summed E-state index contributed by atoms with van der Waals surface area (Å²) in [6, 6.07) is 37.0. The standard InChI is InChI=1S/C62H71BN2/c1-37-27-54-56-55(28-37)65(52-34-47-43(30-39(52)3)61(12,13)36-62(47,14)15)53-35-46-44(58(6,7)24-26-60(46,10)11)32-49(53)63(56)48-31-41(40-19-17-16-18-20-40)21-22-50(48)64(54)51-33-45-42(29-38(51)2)57(4,5)23-25-59(45,8)9/h16-22,27-35H,23-26,36H2,1-15H3/i1D3. The fourth-order valence-electron chi connectivity index (χ4n) is 13.7. The molecule has 6 aromatic rings. The molecule has 2 nitrogen and oxygen atoms in total. The Bertz CT molecular complexity index is 3130. The average Bonchev–Trinajstić information content (AvgIpc) is 3.44. The Kier molecular flexibility index (Phi) is 8.17. The van der Waals surface area contributed by atoms with Gasteiger partial charge >= 0.3 is 0 Å². The number of hydrogen-bond donors (Lipinski definition) is 0. The summed E-state index contributed by atoms with van der Waals surface area (Å²) in [5.74, 6) is 0. The van der Waals surface area contributed by atoms with Crippen LogP contribution in [0.5, 0.6) is 0 Å². The van der Waals surface area contributed by atoms with Gasteiger partial charge < -0.3 is 9.80 Å². The third-order valence-electron chi connectivity index (χ3n) is 17.5. The van der Waals surface area contributed by atoms with Crippen molar-refractivity contribution in [3.8, 4) is 11.1 Å². The Morgan fingerprint density at radius 3 is 1.37 bits per heavy atom. The number of benzene rings is 6. The predicted molar refractivity (Wildman–Crippen MR) is 281 cm³/mol. The summed E-state index contributed by atoms with van der Waals surface area (Å²) in [5, 5.41) is 0. The first-order valence-corrected chi connectivity index (χ1v) is 24.6. The molecule has 2 heterocycles. The molecule has 11 rings (SSSR count). The molecule has 0 saturated carbocycles. The highest BCUT2D eigenvalue weighted by atomic mass is 15.2. The lowest BCUT2D eigenvalue weighted by Crippen LogP contribution is -2.62. The van der Waals surface area contributed by atoms with Crippen LogP contribution in [0.4, 0.5) is 34.1 Å². The van der Waals surface area contributed by atoms with Crippen LogP contribution in [0.3, 0.4) is 0 Å². The summed E-state index contributed by atoms with van der Waals surface area (Å²) >= 11 is 0. The van der Waals surface area contributed by atoms with Gasteiger partial charge in [-0.1, -0.05) is 144 Å². The van der Waals surface area contributed by atoms with Crippen LogP contribution < -0.4 is 26.2 Å². The molecule has 65 heavy (non-hydrogen) atoms. The van der Waals surface area contributed by atoms with E-state index in [2.05, 4.69) is 192 Å². The molecule has 0 amide bonds. The number of hydrogen-bond acceptors (Lipinski definition) is 2. The van der Waals surface area contributed by atoms with Crippen LogP contribution >= 0.6 is 0 Å². The lowest BCUT2D eigenvalue weighted by Gasteiger charge is -2.48. The lowest BCUT2D eigenvalue weighted by atomic mass is 9.33. The number of aryl methyl sites for hydroxylation is 3. The molecule has 0 bridgehead atoms. The van der Waals surface area contributed by atoms with Crippen molar-refractivity contribution in [2.75, 3.05) is 9.80 Å². The number of rotatable bonds is 3. The van der Waals surface area contributed by atoms with Crippen LogP contribution in [0.15, 0.2) is 97.1 Å². The molecule has 0 unspecified atom stereocenters. The van der Waals surface area contributed by atoms with Crippen molar-refractivity contribution >= 4 is 57.2 Å². The Morgan fingerprint density at radius 1 is 0.415 bits per heavy atom. The summed E-state index contributed by atoms with van der Waals surface area (Å²) in [6.07, 6.45) is 5.54. The SMILES string of the molecule is [2H]C([2H])([2H])c1cc2c3c(c1)N(c1cc4c(cc1C)C(C)(C)CC4(C)C)c1cc4c(cc1B3c1cc(-c3ccccc3)ccc1N2c1cc2c(cc1C)C(C)(C)CCC2(C)C)C(C)(C)CCC4(C)C. The van der Waals surface area contributed by atoms with Crippen molar-refractivity contribution < 1.29 is 4.11 Å². The highest BCUT2D eigenvalue weighted by molar-refractivity contribution is 7.00. The summed E-state index contributed by atoms with van der Waals surface area (Å²) in [4.78, 5) is 4.99. The van der Waals surface area contributed by atoms with Crippen LogP contribution in [0, 0.1) is 20.7 Å². The van der Waals surface area contributed by atoms with Crippen LogP contribution in [-0.4, -0.2) is 6.71 Å². The molecule has 6 aromatic carbocycles. The molecule has 0 N–H and O–H groups in total. The Morgan fingerprint density at radius 2 is 0.846 bits per heavy atom. The molecular formula is C62H71BN2. The van der Waals surface area contributed by atoms with Gasteiger partial charge in [-0.15, -0.1) is 0 Å². The molecule has 5 aliphatic rings. The van der Waals surface area contributed by atoms with Crippen LogP contribution in [0.1, 0.15) is 169 Å². The van der Waals surface area contributed by atoms with E-state index >= 15 is 0 Å². The molecule has 0 aromatic heterocycles. The van der Waals surface area contributed by atoms with E-state index in [1.54, 1.807) is 0 Å². The number of anilines is 6. The van der Waals surface area contributed by atoms with E-state index in [4.69, 9.17) is 0 Å². The fraction of sp³-hybridized carbons (Fsp3) is 0.419. The van der Waals surface area contributed by atoms with Crippen molar-refractivity contribution in [1.29, 1.82) is 0 Å². The van der Waals surface area contributed by atoms with Gasteiger partial charge in [0.15, 0.2) is 0 Å². The minimum atomic E-state index is -2.35. The van der Waals surface area contributed by atoms with Gasteiger partial charge in [0.2, 0.25) is 0 Å². The van der Waals surface area contributed by atoms with Crippen molar-refractivity contribution in [3.05, 3.63) is 147 Å². The molecule has 0 saturated heterocycles. The molecule has 2 aliphatic heterocycles. The van der Waals surface area contributed by atoms with E-state index in [1.807, 2.05) is 12.1 Å².